The number of carbonyl (C=O) groups is 1. The van der Waals surface area contributed by atoms with Gasteiger partial charge in [0.2, 0.25) is 0 Å². The Morgan fingerprint density at radius 2 is 2.26 bits per heavy atom. The lowest BCUT2D eigenvalue weighted by Crippen LogP contribution is -2.43. The highest BCUT2D eigenvalue weighted by Crippen LogP contribution is 2.04. The van der Waals surface area contributed by atoms with Gasteiger partial charge in [-0.05, 0) is 25.5 Å². The zero-order chi connectivity index (χ0) is 13.8. The van der Waals surface area contributed by atoms with Crippen LogP contribution in [0.15, 0.2) is 10.9 Å². The maximum Gasteiger partial charge on any atom is 0.253 e. The molecule has 0 saturated carbocycles. The van der Waals surface area contributed by atoms with Crippen LogP contribution in [-0.2, 0) is 20.8 Å². The van der Waals surface area contributed by atoms with Crippen LogP contribution in [0.4, 0.5) is 0 Å². The van der Waals surface area contributed by atoms with Crippen LogP contribution in [0.5, 0.6) is 0 Å². The first kappa shape index (κ1) is 13.8. The predicted octanol–water partition coefficient (Wildman–Crippen LogP) is 0.0233. The standard InChI is InChI=1S/C13H18N2O4/c1-8-5-9(2)15-12(16)10(8)6-14-13(17)11-7-18-3-4-19-11/h5,11H,3-4,6-7H2,1-2H3,(H,14,17)(H,15,16). The topological polar surface area (TPSA) is 80.4 Å². The fraction of sp³-hybridized carbons (Fsp3) is 0.538. The first-order valence-electron chi connectivity index (χ1n) is 6.24. The zero-order valence-corrected chi connectivity index (χ0v) is 11.1. The number of carbonyl (C=O) groups excluding carboxylic acids is 1. The fourth-order valence-corrected chi connectivity index (χ4v) is 2.03. The van der Waals surface area contributed by atoms with Crippen molar-refractivity contribution in [2.75, 3.05) is 19.8 Å². The molecule has 1 amide bonds. The van der Waals surface area contributed by atoms with E-state index >= 15 is 0 Å². The third-order valence-electron chi connectivity index (χ3n) is 3.04. The molecule has 0 bridgehead atoms. The molecule has 6 nitrogen and oxygen atoms in total. The van der Waals surface area contributed by atoms with Crippen molar-refractivity contribution >= 4 is 5.91 Å². The summed E-state index contributed by atoms with van der Waals surface area (Å²) in [6.45, 7) is 5.06. The summed E-state index contributed by atoms with van der Waals surface area (Å²) in [6, 6.07) is 1.88. The first-order valence-corrected chi connectivity index (χ1v) is 6.24. The van der Waals surface area contributed by atoms with Crippen molar-refractivity contribution < 1.29 is 14.3 Å². The fourth-order valence-electron chi connectivity index (χ4n) is 2.03. The Hall–Kier alpha value is -1.66. The molecule has 1 atom stereocenters. The molecular weight excluding hydrogens is 248 g/mol. The average Bonchev–Trinajstić information content (AvgIpc) is 2.38. The second-order valence-corrected chi connectivity index (χ2v) is 4.60. The van der Waals surface area contributed by atoms with Gasteiger partial charge < -0.3 is 19.8 Å². The Morgan fingerprint density at radius 1 is 1.47 bits per heavy atom. The minimum absolute atomic E-state index is 0.168. The van der Waals surface area contributed by atoms with Gasteiger partial charge in [-0.3, -0.25) is 9.59 Å². The average molecular weight is 266 g/mol. The highest BCUT2D eigenvalue weighted by Gasteiger charge is 2.22. The predicted molar refractivity (Wildman–Crippen MR) is 68.9 cm³/mol. The van der Waals surface area contributed by atoms with Gasteiger partial charge in [0.1, 0.15) is 0 Å². The smallest absolute Gasteiger partial charge is 0.253 e. The molecule has 1 unspecified atom stereocenters. The van der Waals surface area contributed by atoms with Crippen molar-refractivity contribution in [3.8, 4) is 0 Å². The number of amides is 1. The number of ether oxygens (including phenoxy) is 2. The summed E-state index contributed by atoms with van der Waals surface area (Å²) in [5.41, 5.74) is 2.07. The van der Waals surface area contributed by atoms with Crippen LogP contribution in [0.2, 0.25) is 0 Å². The Bertz CT molecular complexity index is 518. The van der Waals surface area contributed by atoms with Crippen LogP contribution < -0.4 is 10.9 Å². The number of aryl methyl sites for hydroxylation is 2. The number of nitrogens with one attached hydrogen (secondary N) is 2. The highest BCUT2D eigenvalue weighted by atomic mass is 16.6. The Labute approximate surface area is 111 Å². The summed E-state index contributed by atoms with van der Waals surface area (Å²) >= 11 is 0. The molecule has 2 heterocycles. The van der Waals surface area contributed by atoms with Gasteiger partial charge >= 0.3 is 0 Å². The van der Waals surface area contributed by atoms with E-state index in [9.17, 15) is 9.59 Å². The maximum atomic E-state index is 11.8. The van der Waals surface area contributed by atoms with E-state index in [2.05, 4.69) is 10.3 Å². The van der Waals surface area contributed by atoms with Gasteiger partial charge in [-0.2, -0.15) is 0 Å². The third-order valence-corrected chi connectivity index (χ3v) is 3.04. The van der Waals surface area contributed by atoms with Gasteiger partial charge in [0.15, 0.2) is 6.10 Å². The molecule has 1 aliphatic heterocycles. The number of hydrogen-bond donors (Lipinski definition) is 2. The van der Waals surface area contributed by atoms with Crippen LogP contribution in [0.25, 0.3) is 0 Å². The zero-order valence-electron chi connectivity index (χ0n) is 11.1. The van der Waals surface area contributed by atoms with Crippen LogP contribution in [0, 0.1) is 13.8 Å². The Morgan fingerprint density at radius 3 is 2.89 bits per heavy atom. The van der Waals surface area contributed by atoms with Crippen molar-refractivity contribution in [3.63, 3.8) is 0 Å². The first-order chi connectivity index (χ1) is 9.08. The second kappa shape index (κ2) is 5.99. The van der Waals surface area contributed by atoms with Crippen molar-refractivity contribution in [2.24, 2.45) is 0 Å². The summed E-state index contributed by atoms with van der Waals surface area (Å²) in [5.74, 6) is -0.251. The minimum Gasteiger partial charge on any atom is -0.376 e. The molecule has 0 aliphatic carbocycles. The molecule has 1 saturated heterocycles. The summed E-state index contributed by atoms with van der Waals surface area (Å²) in [6.07, 6.45) is -0.585. The number of H-pyrrole nitrogens is 1. The molecule has 6 heteroatoms. The lowest BCUT2D eigenvalue weighted by Gasteiger charge is -2.22. The van der Waals surface area contributed by atoms with Gasteiger partial charge in [0, 0.05) is 17.8 Å². The van der Waals surface area contributed by atoms with E-state index in [1.807, 2.05) is 19.9 Å². The van der Waals surface area contributed by atoms with Crippen LogP contribution in [0.1, 0.15) is 16.8 Å². The molecule has 0 aromatic carbocycles. The molecular formula is C13H18N2O4. The van der Waals surface area contributed by atoms with Gasteiger partial charge in [0.05, 0.1) is 19.8 Å². The molecule has 1 aromatic heterocycles. The second-order valence-electron chi connectivity index (χ2n) is 4.60. The van der Waals surface area contributed by atoms with Crippen molar-refractivity contribution in [1.82, 2.24) is 10.3 Å². The lowest BCUT2D eigenvalue weighted by atomic mass is 10.1. The molecule has 2 rings (SSSR count). The summed E-state index contributed by atoms with van der Waals surface area (Å²) in [4.78, 5) is 26.3. The van der Waals surface area contributed by atoms with Gasteiger partial charge in [-0.25, -0.2) is 0 Å². The quantitative estimate of drug-likeness (QED) is 0.808. The molecule has 1 aromatic rings. The number of aromatic amines is 1. The van der Waals surface area contributed by atoms with E-state index < -0.39 is 6.10 Å². The number of hydrogen-bond acceptors (Lipinski definition) is 4. The van der Waals surface area contributed by atoms with E-state index in [0.29, 0.717) is 18.8 Å². The molecule has 2 N–H and O–H groups in total. The van der Waals surface area contributed by atoms with Crippen molar-refractivity contribution in [3.05, 3.63) is 33.2 Å². The largest absolute Gasteiger partial charge is 0.376 e. The van der Waals surface area contributed by atoms with Gasteiger partial charge in [-0.15, -0.1) is 0 Å². The highest BCUT2D eigenvalue weighted by molar-refractivity contribution is 5.81. The SMILES string of the molecule is Cc1cc(C)c(CNC(=O)C2COCCO2)c(=O)[nH]1. The van der Waals surface area contributed by atoms with Crippen molar-refractivity contribution in [1.29, 1.82) is 0 Å². The Balaban J connectivity index is 1.99. The molecule has 1 aliphatic rings. The third kappa shape index (κ3) is 3.42. The molecule has 19 heavy (non-hydrogen) atoms. The van der Waals surface area contributed by atoms with Gasteiger partial charge in [0.25, 0.3) is 11.5 Å². The molecule has 1 fully saturated rings. The van der Waals surface area contributed by atoms with Crippen LogP contribution >= 0.6 is 0 Å². The van der Waals surface area contributed by atoms with E-state index in [1.54, 1.807) is 0 Å². The minimum atomic E-state index is -0.585. The number of rotatable bonds is 3. The van der Waals surface area contributed by atoms with Crippen LogP contribution in [-0.4, -0.2) is 36.8 Å². The van der Waals surface area contributed by atoms with E-state index in [-0.39, 0.29) is 24.6 Å². The van der Waals surface area contributed by atoms with Gasteiger partial charge in [-0.1, -0.05) is 0 Å². The molecule has 104 valence electrons. The number of aromatic nitrogens is 1. The monoisotopic (exact) mass is 266 g/mol. The normalized spacial score (nSPS) is 19.2. The van der Waals surface area contributed by atoms with Crippen LogP contribution in [0.3, 0.4) is 0 Å². The Kier molecular flexibility index (Phi) is 4.34. The van der Waals surface area contributed by atoms with Crippen molar-refractivity contribution in [2.45, 2.75) is 26.5 Å². The summed E-state index contributed by atoms with van der Waals surface area (Å²) in [7, 11) is 0. The summed E-state index contributed by atoms with van der Waals surface area (Å²) in [5, 5.41) is 2.71. The maximum absolute atomic E-state index is 11.8. The number of pyridine rings is 1. The lowest BCUT2D eigenvalue weighted by molar-refractivity contribution is -0.147. The molecule has 0 spiro atoms. The van der Waals surface area contributed by atoms with E-state index in [0.717, 1.165) is 11.3 Å². The van der Waals surface area contributed by atoms with E-state index in [4.69, 9.17) is 9.47 Å². The summed E-state index contributed by atoms with van der Waals surface area (Å²) < 4.78 is 10.4. The molecule has 0 radical (unpaired) electrons. The van der Waals surface area contributed by atoms with E-state index in [1.165, 1.54) is 0 Å².